The van der Waals surface area contributed by atoms with Gasteiger partial charge in [-0.05, 0) is 30.2 Å². The number of rotatable bonds is 3. The highest BCUT2D eigenvalue weighted by molar-refractivity contribution is 7.80. The molecule has 0 saturated heterocycles. The Labute approximate surface area is 169 Å². The predicted molar refractivity (Wildman–Crippen MR) is 113 cm³/mol. The van der Waals surface area contributed by atoms with Crippen LogP contribution in [0.3, 0.4) is 0 Å². The van der Waals surface area contributed by atoms with Crippen LogP contribution in [0.1, 0.15) is 30.0 Å². The third kappa shape index (κ3) is 4.28. The zero-order valence-corrected chi connectivity index (χ0v) is 16.9. The van der Waals surface area contributed by atoms with Crippen molar-refractivity contribution < 1.29 is 9.57 Å². The quantitative estimate of drug-likeness (QED) is 0.474. The fourth-order valence-corrected chi connectivity index (χ4v) is 3.26. The Morgan fingerprint density at radius 2 is 2.04 bits per heavy atom. The van der Waals surface area contributed by atoms with E-state index in [2.05, 4.69) is 15.5 Å². The van der Waals surface area contributed by atoms with E-state index >= 15 is 0 Å². The van der Waals surface area contributed by atoms with Gasteiger partial charge in [0.15, 0.2) is 5.60 Å². The molecule has 3 rings (SSSR count). The van der Waals surface area contributed by atoms with E-state index in [9.17, 15) is 0 Å². The number of hydrogen-bond donors (Lipinski definition) is 1. The summed E-state index contributed by atoms with van der Waals surface area (Å²) in [5.74, 6) is 0. The predicted octanol–water partition coefficient (Wildman–Crippen LogP) is 4.28. The maximum atomic E-state index is 6.11. The fraction of sp³-hybridized carbons (Fsp3) is 0.250. The van der Waals surface area contributed by atoms with E-state index in [4.69, 9.17) is 33.4 Å². The molecule has 0 fully saturated rings. The number of amidine groups is 1. The Morgan fingerprint density at radius 1 is 1.30 bits per heavy atom. The number of nitrogens with zero attached hydrogens (tertiary/aromatic N) is 2. The molecule has 27 heavy (non-hydrogen) atoms. The highest BCUT2D eigenvalue weighted by Gasteiger charge is 2.36. The molecule has 2 aromatic carbocycles. The van der Waals surface area contributed by atoms with E-state index in [1.54, 1.807) is 7.05 Å². The normalized spacial score (nSPS) is 19.3. The number of aliphatic imine (C=N–C) groups is 1. The monoisotopic (exact) mass is 401 g/mol. The van der Waals surface area contributed by atoms with E-state index in [1.165, 1.54) is 7.11 Å². The molecule has 0 radical (unpaired) electrons. The number of oxime groups is 1. The minimum Gasteiger partial charge on any atom is -0.468 e. The van der Waals surface area contributed by atoms with Gasteiger partial charge in [0, 0.05) is 24.1 Å². The van der Waals surface area contributed by atoms with Crippen molar-refractivity contribution in [2.75, 3.05) is 14.2 Å². The van der Waals surface area contributed by atoms with Crippen LogP contribution in [0.4, 0.5) is 0 Å². The van der Waals surface area contributed by atoms with E-state index in [0.717, 1.165) is 22.4 Å². The van der Waals surface area contributed by atoms with Crippen LogP contribution in [0, 0.1) is 0 Å². The fourth-order valence-electron chi connectivity index (χ4n) is 2.85. The highest BCUT2D eigenvalue weighted by atomic mass is 35.5. The first-order valence-electron chi connectivity index (χ1n) is 8.39. The molecule has 0 spiro atoms. The molecule has 1 atom stereocenters. The first-order valence-corrected chi connectivity index (χ1v) is 9.17. The van der Waals surface area contributed by atoms with Crippen molar-refractivity contribution in [2.24, 2.45) is 10.1 Å². The van der Waals surface area contributed by atoms with Gasteiger partial charge in [0.25, 0.3) is 6.02 Å². The van der Waals surface area contributed by atoms with E-state index in [-0.39, 0.29) is 0 Å². The van der Waals surface area contributed by atoms with Crippen LogP contribution in [0.5, 0.6) is 0 Å². The largest absolute Gasteiger partial charge is 0.468 e. The van der Waals surface area contributed by atoms with Crippen LogP contribution in [0.2, 0.25) is 5.02 Å². The average Bonchev–Trinajstić information content (AvgIpc) is 3.09. The van der Waals surface area contributed by atoms with Crippen molar-refractivity contribution in [1.29, 1.82) is 0 Å². The standard InChI is InChI=1S/C20H20ClN3O2S/c1-20(15-5-4-6-16(21)11-15)12-17(24-26-20)13-7-9-14(10-8-13)18(27)23-19(22-2)25-3/h4-11H,12H2,1-3H3,(H,22,23,27). The third-order valence-electron chi connectivity index (χ3n) is 4.39. The Kier molecular flexibility index (Phi) is 5.77. The summed E-state index contributed by atoms with van der Waals surface area (Å²) in [6.07, 6.45) is 0.658. The molecule has 1 N–H and O–H groups in total. The summed E-state index contributed by atoms with van der Waals surface area (Å²) in [5.41, 5.74) is 3.21. The summed E-state index contributed by atoms with van der Waals surface area (Å²) < 4.78 is 5.08. The number of thiocarbonyl (C=S) groups is 1. The van der Waals surface area contributed by atoms with Gasteiger partial charge in [-0.3, -0.25) is 0 Å². The molecule has 1 heterocycles. The first-order chi connectivity index (χ1) is 12.9. The van der Waals surface area contributed by atoms with Gasteiger partial charge in [-0.25, -0.2) is 4.99 Å². The summed E-state index contributed by atoms with van der Waals surface area (Å²) in [7, 11) is 3.17. The van der Waals surface area contributed by atoms with Gasteiger partial charge in [0.1, 0.15) is 4.99 Å². The van der Waals surface area contributed by atoms with E-state index < -0.39 is 5.60 Å². The summed E-state index contributed by atoms with van der Waals surface area (Å²) in [6, 6.07) is 15.9. The van der Waals surface area contributed by atoms with Crippen LogP contribution in [0.15, 0.2) is 58.7 Å². The molecule has 7 heteroatoms. The van der Waals surface area contributed by atoms with Crippen LogP contribution >= 0.6 is 23.8 Å². The minimum absolute atomic E-state index is 0.370. The van der Waals surface area contributed by atoms with Gasteiger partial charge in [-0.15, -0.1) is 0 Å². The summed E-state index contributed by atoms with van der Waals surface area (Å²) in [4.78, 5) is 10.3. The summed E-state index contributed by atoms with van der Waals surface area (Å²) in [5, 5.41) is 7.94. The maximum absolute atomic E-state index is 6.11. The lowest BCUT2D eigenvalue weighted by Crippen LogP contribution is -2.30. The van der Waals surface area contributed by atoms with Crippen molar-refractivity contribution in [3.8, 4) is 0 Å². The zero-order chi connectivity index (χ0) is 19.4. The minimum atomic E-state index is -0.527. The number of nitrogens with one attached hydrogen (secondary N) is 1. The number of benzene rings is 2. The highest BCUT2D eigenvalue weighted by Crippen LogP contribution is 2.36. The zero-order valence-electron chi connectivity index (χ0n) is 15.3. The van der Waals surface area contributed by atoms with Crippen LogP contribution < -0.4 is 5.32 Å². The van der Waals surface area contributed by atoms with Crippen molar-refractivity contribution in [1.82, 2.24) is 5.32 Å². The molecular weight excluding hydrogens is 382 g/mol. The Morgan fingerprint density at radius 3 is 2.67 bits per heavy atom. The molecule has 5 nitrogen and oxygen atoms in total. The lowest BCUT2D eigenvalue weighted by atomic mass is 9.89. The second-order valence-corrected chi connectivity index (χ2v) is 7.16. The molecule has 0 saturated carbocycles. The van der Waals surface area contributed by atoms with Gasteiger partial charge >= 0.3 is 0 Å². The Balaban J connectivity index is 1.72. The third-order valence-corrected chi connectivity index (χ3v) is 4.97. The molecule has 2 aromatic rings. The second-order valence-electron chi connectivity index (χ2n) is 6.31. The molecule has 0 aromatic heterocycles. The van der Waals surface area contributed by atoms with Gasteiger partial charge in [-0.1, -0.05) is 65.4 Å². The second kappa shape index (κ2) is 8.06. The van der Waals surface area contributed by atoms with Crippen molar-refractivity contribution in [3.05, 3.63) is 70.2 Å². The molecule has 0 aliphatic carbocycles. The van der Waals surface area contributed by atoms with E-state index in [1.807, 2.05) is 55.5 Å². The van der Waals surface area contributed by atoms with E-state index in [0.29, 0.717) is 22.5 Å². The Hall–Kier alpha value is -2.44. The van der Waals surface area contributed by atoms with Gasteiger partial charge < -0.3 is 14.9 Å². The Bertz CT molecular complexity index is 912. The smallest absolute Gasteiger partial charge is 0.289 e. The topological polar surface area (TPSA) is 55.2 Å². The van der Waals surface area contributed by atoms with Crippen molar-refractivity contribution >= 4 is 40.5 Å². The number of halogens is 1. The van der Waals surface area contributed by atoms with Crippen molar-refractivity contribution in [2.45, 2.75) is 18.9 Å². The number of methoxy groups -OCH3 is 1. The van der Waals surface area contributed by atoms with Crippen LogP contribution in [0.25, 0.3) is 0 Å². The van der Waals surface area contributed by atoms with Crippen molar-refractivity contribution in [3.63, 3.8) is 0 Å². The molecule has 0 bridgehead atoms. The SMILES string of the molecule is CN=C(NC(=S)c1ccc(C2=NOC(C)(c3cccc(Cl)c3)C2)cc1)OC. The molecule has 1 unspecified atom stereocenters. The first kappa shape index (κ1) is 19.3. The molecule has 140 valence electrons. The summed E-state index contributed by atoms with van der Waals surface area (Å²) >= 11 is 11.5. The van der Waals surface area contributed by atoms with Crippen LogP contribution in [-0.2, 0) is 15.2 Å². The average molecular weight is 402 g/mol. The van der Waals surface area contributed by atoms with Gasteiger partial charge in [0.05, 0.1) is 12.8 Å². The van der Waals surface area contributed by atoms with Gasteiger partial charge in [-0.2, -0.15) is 0 Å². The maximum Gasteiger partial charge on any atom is 0.289 e. The van der Waals surface area contributed by atoms with Gasteiger partial charge in [0.2, 0.25) is 0 Å². The summed E-state index contributed by atoms with van der Waals surface area (Å²) in [6.45, 7) is 2.01. The van der Waals surface area contributed by atoms with Crippen LogP contribution in [-0.4, -0.2) is 30.9 Å². The number of hydrogen-bond acceptors (Lipinski definition) is 5. The molecular formula is C20H20ClN3O2S. The lowest BCUT2D eigenvalue weighted by Gasteiger charge is -2.22. The lowest BCUT2D eigenvalue weighted by molar-refractivity contribution is -0.00738. The molecule has 1 aliphatic rings. The number of ether oxygens (including phenoxy) is 1. The molecule has 0 amide bonds. The molecule has 1 aliphatic heterocycles.